The Morgan fingerprint density at radius 3 is 2.62 bits per heavy atom. The van der Waals surface area contributed by atoms with Gasteiger partial charge in [0, 0.05) is 19.6 Å². The van der Waals surface area contributed by atoms with Crippen LogP contribution in [0.2, 0.25) is 0 Å². The van der Waals surface area contributed by atoms with E-state index in [1.807, 2.05) is 4.90 Å². The van der Waals surface area contributed by atoms with Crippen LogP contribution >= 0.6 is 0 Å². The first-order valence-corrected chi connectivity index (χ1v) is 6.50. The summed E-state index contributed by atoms with van der Waals surface area (Å²) in [6, 6.07) is 0. The van der Waals surface area contributed by atoms with Gasteiger partial charge in [-0.2, -0.15) is 0 Å². The monoisotopic (exact) mass is 225 g/mol. The van der Waals surface area contributed by atoms with Gasteiger partial charge in [-0.3, -0.25) is 4.79 Å². The van der Waals surface area contributed by atoms with Crippen molar-refractivity contribution in [2.45, 2.75) is 25.7 Å². The van der Waals surface area contributed by atoms with Crippen molar-refractivity contribution >= 4 is 5.91 Å². The minimum atomic E-state index is 0.112. The van der Waals surface area contributed by atoms with Crippen LogP contribution in [0.3, 0.4) is 0 Å². The smallest absolute Gasteiger partial charge is 0.236 e. The average molecular weight is 225 g/mol. The number of amides is 1. The highest BCUT2D eigenvalue weighted by molar-refractivity contribution is 5.78. The van der Waals surface area contributed by atoms with E-state index < -0.39 is 0 Å². The van der Waals surface area contributed by atoms with Crippen molar-refractivity contribution in [3.63, 3.8) is 0 Å². The Hall–Kier alpha value is -0.610. The van der Waals surface area contributed by atoms with Crippen LogP contribution in [0.15, 0.2) is 0 Å². The highest BCUT2D eigenvalue weighted by Gasteiger charge is 2.27. The van der Waals surface area contributed by atoms with Gasteiger partial charge in [0.05, 0.1) is 6.54 Å². The van der Waals surface area contributed by atoms with Crippen molar-refractivity contribution in [1.82, 2.24) is 9.80 Å². The zero-order chi connectivity index (χ0) is 11.4. The molecule has 2 rings (SSSR count). The first-order chi connectivity index (χ1) is 7.79. The Balaban J connectivity index is 1.73. The van der Waals surface area contributed by atoms with Crippen LogP contribution in [-0.2, 0) is 4.79 Å². The molecule has 0 bridgehead atoms. The van der Waals surface area contributed by atoms with E-state index in [9.17, 15) is 4.79 Å². The molecule has 2 aliphatic heterocycles. The summed E-state index contributed by atoms with van der Waals surface area (Å²) in [5.41, 5.74) is 5.38. The second-order valence-corrected chi connectivity index (χ2v) is 5.06. The molecule has 4 heteroatoms. The number of rotatable bonds is 3. The maximum absolute atomic E-state index is 11.4. The number of carbonyl (C=O) groups is 1. The summed E-state index contributed by atoms with van der Waals surface area (Å²) in [5, 5.41) is 0. The first-order valence-electron chi connectivity index (χ1n) is 6.50. The number of hydrogen-bond acceptors (Lipinski definition) is 3. The Morgan fingerprint density at radius 2 is 1.94 bits per heavy atom. The van der Waals surface area contributed by atoms with Crippen LogP contribution in [-0.4, -0.2) is 55.0 Å². The third-order valence-corrected chi connectivity index (χ3v) is 3.78. The van der Waals surface area contributed by atoms with Gasteiger partial charge in [0.1, 0.15) is 0 Å². The Labute approximate surface area is 97.8 Å². The molecule has 0 saturated carbocycles. The van der Waals surface area contributed by atoms with E-state index in [0.717, 1.165) is 19.5 Å². The first kappa shape index (κ1) is 11.9. The van der Waals surface area contributed by atoms with Gasteiger partial charge >= 0.3 is 0 Å². The molecular weight excluding hydrogens is 202 g/mol. The largest absolute Gasteiger partial charge is 0.341 e. The number of hydrogen-bond donors (Lipinski definition) is 1. The van der Waals surface area contributed by atoms with Gasteiger partial charge in [0.25, 0.3) is 0 Å². The maximum atomic E-state index is 11.4. The van der Waals surface area contributed by atoms with E-state index >= 15 is 0 Å². The van der Waals surface area contributed by atoms with E-state index in [2.05, 4.69) is 4.90 Å². The Morgan fingerprint density at radius 1 is 1.19 bits per heavy atom. The molecular formula is C12H23N3O. The van der Waals surface area contributed by atoms with Gasteiger partial charge in [-0.15, -0.1) is 0 Å². The van der Waals surface area contributed by atoms with Gasteiger partial charge in [-0.05, 0) is 38.3 Å². The molecule has 4 nitrogen and oxygen atoms in total. The molecule has 0 aromatic heterocycles. The van der Waals surface area contributed by atoms with Crippen LogP contribution in [0.1, 0.15) is 25.7 Å². The fourth-order valence-electron chi connectivity index (χ4n) is 2.84. The molecule has 2 fully saturated rings. The third kappa shape index (κ3) is 2.95. The maximum Gasteiger partial charge on any atom is 0.236 e. The molecule has 0 aromatic rings. The molecule has 1 amide bonds. The van der Waals surface area contributed by atoms with Crippen LogP contribution in [0.4, 0.5) is 0 Å². The second-order valence-electron chi connectivity index (χ2n) is 5.06. The lowest BCUT2D eigenvalue weighted by molar-refractivity contribution is -0.128. The molecule has 2 aliphatic rings. The van der Waals surface area contributed by atoms with E-state index in [1.165, 1.54) is 38.9 Å². The average Bonchev–Trinajstić information content (AvgIpc) is 2.78. The van der Waals surface area contributed by atoms with E-state index in [4.69, 9.17) is 5.73 Å². The predicted molar refractivity (Wildman–Crippen MR) is 64.0 cm³/mol. The van der Waals surface area contributed by atoms with Gasteiger partial charge in [-0.1, -0.05) is 6.42 Å². The lowest BCUT2D eigenvalue weighted by Gasteiger charge is -2.28. The van der Waals surface area contributed by atoms with E-state index in [0.29, 0.717) is 5.92 Å². The lowest BCUT2D eigenvalue weighted by Crippen LogP contribution is -2.37. The molecule has 0 aromatic carbocycles. The molecule has 2 N–H and O–H groups in total. The Kier molecular flexibility index (Phi) is 4.18. The quantitative estimate of drug-likeness (QED) is 0.750. The lowest BCUT2D eigenvalue weighted by atomic mass is 10.1. The van der Waals surface area contributed by atoms with Crippen molar-refractivity contribution in [3.05, 3.63) is 0 Å². The van der Waals surface area contributed by atoms with E-state index in [-0.39, 0.29) is 12.5 Å². The Bertz CT molecular complexity index is 238. The molecule has 0 spiro atoms. The minimum Gasteiger partial charge on any atom is -0.341 e. The fraction of sp³-hybridized carbons (Fsp3) is 0.917. The summed E-state index contributed by atoms with van der Waals surface area (Å²) in [5.74, 6) is 0.787. The molecule has 0 radical (unpaired) electrons. The standard InChI is InChI=1S/C12H23N3O/c13-8-12(16)15-7-4-11(10-15)9-14-5-2-1-3-6-14/h11H,1-10,13H2. The van der Waals surface area contributed by atoms with Gasteiger partial charge in [-0.25, -0.2) is 0 Å². The highest BCUT2D eigenvalue weighted by atomic mass is 16.2. The number of nitrogens with zero attached hydrogens (tertiary/aromatic N) is 2. The number of piperidine rings is 1. The zero-order valence-electron chi connectivity index (χ0n) is 10.0. The number of nitrogens with two attached hydrogens (primary N) is 1. The van der Waals surface area contributed by atoms with Gasteiger partial charge < -0.3 is 15.5 Å². The van der Waals surface area contributed by atoms with Crippen molar-refractivity contribution in [3.8, 4) is 0 Å². The van der Waals surface area contributed by atoms with Crippen molar-refractivity contribution in [2.24, 2.45) is 11.7 Å². The van der Waals surface area contributed by atoms with E-state index in [1.54, 1.807) is 0 Å². The molecule has 1 atom stereocenters. The SMILES string of the molecule is NCC(=O)N1CCC(CN2CCCCC2)C1. The van der Waals surface area contributed by atoms with Crippen molar-refractivity contribution in [2.75, 3.05) is 39.3 Å². The minimum absolute atomic E-state index is 0.112. The molecule has 2 saturated heterocycles. The molecule has 2 heterocycles. The molecule has 1 unspecified atom stereocenters. The summed E-state index contributed by atoms with van der Waals surface area (Å²) < 4.78 is 0. The molecule has 16 heavy (non-hydrogen) atoms. The van der Waals surface area contributed by atoms with Crippen molar-refractivity contribution < 1.29 is 4.79 Å². The number of carbonyl (C=O) groups excluding carboxylic acids is 1. The van der Waals surface area contributed by atoms with Crippen LogP contribution in [0, 0.1) is 5.92 Å². The topological polar surface area (TPSA) is 49.6 Å². The van der Waals surface area contributed by atoms with Gasteiger partial charge in [0.15, 0.2) is 0 Å². The van der Waals surface area contributed by atoms with Gasteiger partial charge in [0.2, 0.25) is 5.91 Å². The van der Waals surface area contributed by atoms with Crippen LogP contribution < -0.4 is 5.73 Å². The van der Waals surface area contributed by atoms with Crippen molar-refractivity contribution in [1.29, 1.82) is 0 Å². The predicted octanol–water partition coefficient (Wildman–Crippen LogP) is 0.279. The van der Waals surface area contributed by atoms with Crippen LogP contribution in [0.25, 0.3) is 0 Å². The second kappa shape index (κ2) is 5.64. The summed E-state index contributed by atoms with van der Waals surface area (Å²) in [4.78, 5) is 15.9. The molecule has 92 valence electrons. The summed E-state index contributed by atoms with van der Waals surface area (Å²) in [6.07, 6.45) is 5.23. The summed E-state index contributed by atoms with van der Waals surface area (Å²) in [6.45, 7) is 5.68. The third-order valence-electron chi connectivity index (χ3n) is 3.78. The van der Waals surface area contributed by atoms with Crippen LogP contribution in [0.5, 0.6) is 0 Å². The summed E-state index contributed by atoms with van der Waals surface area (Å²) in [7, 11) is 0. The number of likely N-dealkylation sites (tertiary alicyclic amines) is 2. The normalized spacial score (nSPS) is 27.3. The zero-order valence-corrected chi connectivity index (χ0v) is 10.0. The highest BCUT2D eigenvalue weighted by Crippen LogP contribution is 2.19. The summed E-state index contributed by atoms with van der Waals surface area (Å²) >= 11 is 0. The molecule has 0 aliphatic carbocycles. The fourth-order valence-corrected chi connectivity index (χ4v) is 2.84.